The van der Waals surface area contributed by atoms with Crippen LogP contribution in [0.15, 0.2) is 65.6 Å². The first kappa shape index (κ1) is 20.0. The largest absolute Gasteiger partial charge is 0.502 e. The highest BCUT2D eigenvalue weighted by Crippen LogP contribution is 2.37. The predicted molar refractivity (Wildman–Crippen MR) is 116 cm³/mol. The number of benzene rings is 2. The summed E-state index contributed by atoms with van der Waals surface area (Å²) in [6.07, 6.45) is 1.02. The number of aliphatic hydroxyl groups is 1. The molecule has 1 aliphatic heterocycles. The molecule has 2 unspecified atom stereocenters. The van der Waals surface area contributed by atoms with Crippen molar-refractivity contribution < 1.29 is 15.0 Å². The van der Waals surface area contributed by atoms with Gasteiger partial charge in [0.1, 0.15) is 6.04 Å². The fourth-order valence-corrected chi connectivity index (χ4v) is 4.43. The number of aliphatic hydroxyl groups excluding tert-OH is 1. The minimum atomic E-state index is -0.706. The van der Waals surface area contributed by atoms with Gasteiger partial charge in [0, 0.05) is 19.0 Å². The Kier molecular flexibility index (Phi) is 4.75. The van der Waals surface area contributed by atoms with Crippen molar-refractivity contribution in [2.24, 2.45) is 0 Å². The second-order valence-corrected chi connectivity index (χ2v) is 7.83. The zero-order chi connectivity index (χ0) is 22.4. The molecule has 0 saturated carbocycles. The molecule has 0 aliphatic carbocycles. The Labute approximate surface area is 182 Å². The van der Waals surface area contributed by atoms with Gasteiger partial charge < -0.3 is 15.1 Å². The number of nitrogens with zero attached hydrogens (tertiary/aromatic N) is 5. The summed E-state index contributed by atoms with van der Waals surface area (Å²) >= 11 is 0. The molecule has 0 bridgehead atoms. The second-order valence-electron chi connectivity index (χ2n) is 7.83. The van der Waals surface area contributed by atoms with Crippen LogP contribution in [-0.4, -0.2) is 54.2 Å². The second kappa shape index (κ2) is 7.61. The van der Waals surface area contributed by atoms with Crippen molar-refractivity contribution in [2.75, 3.05) is 13.6 Å². The summed E-state index contributed by atoms with van der Waals surface area (Å²) in [5.74, 6) is -1.09. The summed E-state index contributed by atoms with van der Waals surface area (Å²) in [6.45, 7) is 0.0593. The van der Waals surface area contributed by atoms with Crippen molar-refractivity contribution in [3.63, 3.8) is 0 Å². The monoisotopic (exact) mass is 431 g/mol. The average molecular weight is 431 g/mol. The molecule has 9 heteroatoms. The van der Waals surface area contributed by atoms with E-state index < -0.39 is 29.2 Å². The molecule has 0 fully saturated rings. The van der Waals surface area contributed by atoms with Crippen LogP contribution in [0.25, 0.3) is 10.9 Å². The molecule has 32 heavy (non-hydrogen) atoms. The molecule has 2 atom stereocenters. The fraction of sp³-hybridized carbons (Fsp3) is 0.217. The SMILES string of the molecule is CN1CC(C(c2ccccc2)n2nc(CO)c3ccccc32)n2ncc(=O)c(O)c2C1=O. The lowest BCUT2D eigenvalue weighted by Gasteiger charge is -2.37. The van der Waals surface area contributed by atoms with E-state index in [1.54, 1.807) is 7.05 Å². The van der Waals surface area contributed by atoms with Crippen LogP contribution in [0.1, 0.15) is 33.8 Å². The molecule has 9 nitrogen and oxygen atoms in total. The van der Waals surface area contributed by atoms with Crippen molar-refractivity contribution >= 4 is 16.8 Å². The highest BCUT2D eigenvalue weighted by Gasteiger charge is 2.39. The zero-order valence-corrected chi connectivity index (χ0v) is 17.3. The smallest absolute Gasteiger partial charge is 0.275 e. The molecule has 0 spiro atoms. The van der Waals surface area contributed by atoms with Crippen LogP contribution in [0.5, 0.6) is 5.75 Å². The number of carbonyl (C=O) groups is 1. The van der Waals surface area contributed by atoms with E-state index in [2.05, 4.69) is 5.10 Å². The van der Waals surface area contributed by atoms with Gasteiger partial charge >= 0.3 is 0 Å². The molecule has 2 N–H and O–H groups in total. The van der Waals surface area contributed by atoms with Crippen LogP contribution in [0.3, 0.4) is 0 Å². The lowest BCUT2D eigenvalue weighted by atomic mass is 9.96. The molecule has 0 radical (unpaired) electrons. The van der Waals surface area contributed by atoms with Gasteiger partial charge in [-0.2, -0.15) is 10.2 Å². The minimum Gasteiger partial charge on any atom is -0.502 e. The van der Waals surface area contributed by atoms with Crippen molar-refractivity contribution in [2.45, 2.75) is 18.7 Å². The van der Waals surface area contributed by atoms with Gasteiger partial charge in [-0.15, -0.1) is 0 Å². The van der Waals surface area contributed by atoms with E-state index in [0.717, 1.165) is 22.7 Å². The summed E-state index contributed by atoms with van der Waals surface area (Å²) < 4.78 is 3.25. The van der Waals surface area contributed by atoms with Crippen LogP contribution in [0.2, 0.25) is 0 Å². The number of para-hydroxylation sites is 1. The number of hydrogen-bond acceptors (Lipinski definition) is 6. The molecular weight excluding hydrogens is 410 g/mol. The lowest BCUT2D eigenvalue weighted by Crippen LogP contribution is -2.46. The molecule has 1 aliphatic rings. The number of hydrogen-bond donors (Lipinski definition) is 2. The zero-order valence-electron chi connectivity index (χ0n) is 17.3. The maximum atomic E-state index is 12.8. The summed E-state index contributed by atoms with van der Waals surface area (Å²) in [5, 5.41) is 30.1. The van der Waals surface area contributed by atoms with Gasteiger partial charge in [-0.05, 0) is 11.6 Å². The van der Waals surface area contributed by atoms with Gasteiger partial charge in [0.05, 0.1) is 30.1 Å². The van der Waals surface area contributed by atoms with E-state index >= 15 is 0 Å². The molecule has 0 saturated heterocycles. The summed E-state index contributed by atoms with van der Waals surface area (Å²) in [5.41, 5.74) is 1.41. The van der Waals surface area contributed by atoms with Crippen LogP contribution >= 0.6 is 0 Å². The Morgan fingerprint density at radius 1 is 1.09 bits per heavy atom. The van der Waals surface area contributed by atoms with E-state index in [1.165, 1.54) is 9.58 Å². The molecule has 2 aromatic carbocycles. The van der Waals surface area contributed by atoms with Gasteiger partial charge in [-0.25, -0.2) is 4.68 Å². The third kappa shape index (κ3) is 2.97. The Morgan fingerprint density at radius 2 is 1.81 bits per heavy atom. The van der Waals surface area contributed by atoms with Crippen LogP contribution in [0.4, 0.5) is 0 Å². The number of aromatic hydroxyl groups is 1. The van der Waals surface area contributed by atoms with Crippen LogP contribution in [0, 0.1) is 0 Å². The quantitative estimate of drug-likeness (QED) is 0.509. The summed E-state index contributed by atoms with van der Waals surface area (Å²) in [7, 11) is 1.62. The summed E-state index contributed by atoms with van der Waals surface area (Å²) in [4.78, 5) is 26.3. The highest BCUT2D eigenvalue weighted by molar-refractivity contribution is 5.95. The van der Waals surface area contributed by atoms with Gasteiger partial charge in [0.15, 0.2) is 11.4 Å². The number of carbonyl (C=O) groups excluding carboxylic acids is 1. The Bertz CT molecular complexity index is 1380. The first-order chi connectivity index (χ1) is 15.5. The van der Waals surface area contributed by atoms with Crippen molar-refractivity contribution in [3.8, 4) is 5.75 Å². The lowest BCUT2D eigenvalue weighted by molar-refractivity contribution is 0.0669. The highest BCUT2D eigenvalue weighted by atomic mass is 16.3. The topological polar surface area (TPSA) is 113 Å². The molecule has 4 aromatic rings. The van der Waals surface area contributed by atoms with Crippen molar-refractivity contribution in [1.82, 2.24) is 24.5 Å². The number of aromatic nitrogens is 4. The number of amides is 1. The molecule has 5 rings (SSSR count). The van der Waals surface area contributed by atoms with Gasteiger partial charge in [0.2, 0.25) is 5.43 Å². The Balaban J connectivity index is 1.80. The first-order valence-corrected chi connectivity index (χ1v) is 10.2. The van der Waals surface area contributed by atoms with Gasteiger partial charge in [0.25, 0.3) is 5.91 Å². The van der Waals surface area contributed by atoms with E-state index in [0.29, 0.717) is 5.69 Å². The van der Waals surface area contributed by atoms with Crippen LogP contribution in [-0.2, 0) is 6.61 Å². The fourth-order valence-electron chi connectivity index (χ4n) is 4.43. The third-order valence-electron chi connectivity index (χ3n) is 5.92. The van der Waals surface area contributed by atoms with Crippen molar-refractivity contribution in [1.29, 1.82) is 0 Å². The third-order valence-corrected chi connectivity index (χ3v) is 5.92. The molecule has 2 aromatic heterocycles. The molecule has 3 heterocycles. The van der Waals surface area contributed by atoms with Gasteiger partial charge in [-0.3, -0.25) is 14.3 Å². The standard InChI is InChI=1S/C23H21N5O4/c1-26-12-18(27-21(23(26)32)22(31)19(30)11-24-27)20(14-7-3-2-4-8-14)28-17-10-6-5-9-15(17)16(13-29)25-28/h2-11,18,20,29,31H,12-13H2,1H3. The number of likely N-dealkylation sites (N-methyl/N-ethyl adjacent to an activating group) is 1. The maximum Gasteiger partial charge on any atom is 0.275 e. The van der Waals surface area contributed by atoms with Crippen LogP contribution < -0.4 is 5.43 Å². The number of rotatable bonds is 4. The maximum absolute atomic E-state index is 12.8. The average Bonchev–Trinajstić information content (AvgIpc) is 3.18. The Morgan fingerprint density at radius 3 is 2.56 bits per heavy atom. The normalized spacial score (nSPS) is 16.9. The molecular formula is C23H21N5O4. The van der Waals surface area contributed by atoms with Gasteiger partial charge in [-0.1, -0.05) is 48.5 Å². The van der Waals surface area contributed by atoms with E-state index in [-0.39, 0.29) is 18.8 Å². The summed E-state index contributed by atoms with van der Waals surface area (Å²) in [6, 6.07) is 16.3. The Hall–Kier alpha value is -3.98. The van der Waals surface area contributed by atoms with E-state index in [9.17, 15) is 19.8 Å². The first-order valence-electron chi connectivity index (χ1n) is 10.2. The predicted octanol–water partition coefficient (Wildman–Crippen LogP) is 1.71. The minimum absolute atomic E-state index is 0.143. The van der Waals surface area contributed by atoms with Crippen molar-refractivity contribution in [3.05, 3.63) is 88.0 Å². The van der Waals surface area contributed by atoms with E-state index in [4.69, 9.17) is 5.10 Å². The molecule has 162 valence electrons. The number of fused-ring (bicyclic) bond motifs is 2. The molecule has 1 amide bonds. The van der Waals surface area contributed by atoms with E-state index in [1.807, 2.05) is 59.3 Å².